The fraction of sp³-hybridized carbons (Fsp3) is 0.375. The second kappa shape index (κ2) is 14.9. The van der Waals surface area contributed by atoms with Crippen LogP contribution in [-0.4, -0.2) is 40.8 Å². The molecule has 4 rings (SSSR count). The number of hydrogen-bond acceptors (Lipinski definition) is 5. The van der Waals surface area contributed by atoms with Crippen molar-refractivity contribution in [3.8, 4) is 5.75 Å². The van der Waals surface area contributed by atoms with Gasteiger partial charge in [-0.1, -0.05) is 49.6 Å². The van der Waals surface area contributed by atoms with Gasteiger partial charge in [-0.05, 0) is 66.8 Å². The molecule has 0 saturated heterocycles. The maximum atomic E-state index is 13.9. The van der Waals surface area contributed by atoms with Crippen molar-refractivity contribution in [1.82, 2.24) is 15.2 Å². The highest BCUT2D eigenvalue weighted by Crippen LogP contribution is 2.28. The number of nitrogens with one attached hydrogen (secondary N) is 2. The number of aromatic nitrogens is 1. The minimum atomic E-state index is -0.914. The summed E-state index contributed by atoms with van der Waals surface area (Å²) in [4.78, 5) is 45.7. The van der Waals surface area contributed by atoms with E-state index in [1.807, 2.05) is 0 Å². The zero-order valence-electron chi connectivity index (χ0n) is 23.4. The normalized spacial score (nSPS) is 14.1. The number of benzene rings is 2. The SMILES string of the molecule is COc1ccc(C(C(=O)NC2CCCCC2)N(Cc2ccc(F)cc2)C(=O)CCCC(=O)Nc2ccccn2)cc1. The first-order valence-electron chi connectivity index (χ1n) is 14.1. The Morgan fingerprint density at radius 1 is 0.976 bits per heavy atom. The minimum absolute atomic E-state index is 0.0510. The molecule has 2 N–H and O–H groups in total. The molecule has 1 heterocycles. The number of ether oxygens (including phenoxy) is 1. The standard InChI is InChI=1S/C32H37FN4O4/c1-41-27-19-15-24(16-20-27)31(32(40)35-26-8-3-2-4-9-26)37(22-23-13-17-25(33)18-14-23)30(39)12-7-11-29(38)36-28-10-5-6-21-34-28/h5-6,10,13-21,26,31H,2-4,7-9,11-12,22H2,1H3,(H,35,40)(H,34,36,38). The summed E-state index contributed by atoms with van der Waals surface area (Å²) in [5, 5.41) is 5.91. The minimum Gasteiger partial charge on any atom is -0.497 e. The Hall–Kier alpha value is -4.27. The van der Waals surface area contributed by atoms with E-state index < -0.39 is 6.04 Å². The monoisotopic (exact) mass is 560 g/mol. The molecule has 0 radical (unpaired) electrons. The Morgan fingerprint density at radius 2 is 1.71 bits per heavy atom. The van der Waals surface area contributed by atoms with Crippen molar-refractivity contribution in [2.45, 2.75) is 70.0 Å². The summed E-state index contributed by atoms with van der Waals surface area (Å²) < 4.78 is 19.0. The van der Waals surface area contributed by atoms with Crippen LogP contribution in [0.5, 0.6) is 5.75 Å². The summed E-state index contributed by atoms with van der Waals surface area (Å²) in [6.45, 7) is 0.105. The predicted molar refractivity (Wildman–Crippen MR) is 154 cm³/mol. The predicted octanol–water partition coefficient (Wildman–Crippen LogP) is 5.56. The van der Waals surface area contributed by atoms with Crippen LogP contribution in [0.3, 0.4) is 0 Å². The fourth-order valence-corrected chi connectivity index (χ4v) is 5.08. The van der Waals surface area contributed by atoms with Gasteiger partial charge in [-0.15, -0.1) is 0 Å². The highest BCUT2D eigenvalue weighted by atomic mass is 19.1. The second-order valence-corrected chi connectivity index (χ2v) is 10.3. The lowest BCUT2D eigenvalue weighted by atomic mass is 9.94. The van der Waals surface area contributed by atoms with Gasteiger partial charge in [0.25, 0.3) is 0 Å². The van der Waals surface area contributed by atoms with Gasteiger partial charge in [-0.3, -0.25) is 14.4 Å². The van der Waals surface area contributed by atoms with Crippen molar-refractivity contribution in [3.05, 3.63) is 89.9 Å². The van der Waals surface area contributed by atoms with E-state index in [0.717, 1.165) is 32.1 Å². The number of anilines is 1. The number of pyridine rings is 1. The van der Waals surface area contributed by atoms with Crippen LogP contribution in [0.4, 0.5) is 10.2 Å². The van der Waals surface area contributed by atoms with E-state index in [-0.39, 0.29) is 55.4 Å². The topological polar surface area (TPSA) is 101 Å². The summed E-state index contributed by atoms with van der Waals surface area (Å²) in [7, 11) is 1.57. The maximum absolute atomic E-state index is 13.9. The van der Waals surface area contributed by atoms with Crippen molar-refractivity contribution in [2.75, 3.05) is 12.4 Å². The first kappa shape index (κ1) is 29.7. The van der Waals surface area contributed by atoms with Gasteiger partial charge in [-0.2, -0.15) is 0 Å². The Labute approximate surface area is 240 Å². The lowest BCUT2D eigenvalue weighted by Gasteiger charge is -2.33. The summed E-state index contributed by atoms with van der Waals surface area (Å²) >= 11 is 0. The van der Waals surface area contributed by atoms with Crippen LogP contribution in [-0.2, 0) is 20.9 Å². The number of halogens is 1. The molecule has 1 aromatic heterocycles. The smallest absolute Gasteiger partial charge is 0.247 e. The third-order valence-electron chi connectivity index (χ3n) is 7.26. The number of carbonyl (C=O) groups is 3. The summed E-state index contributed by atoms with van der Waals surface area (Å²) in [5.41, 5.74) is 1.33. The molecule has 1 fully saturated rings. The van der Waals surface area contributed by atoms with Crippen molar-refractivity contribution >= 4 is 23.5 Å². The number of methoxy groups -OCH3 is 1. The van der Waals surface area contributed by atoms with E-state index in [4.69, 9.17) is 4.74 Å². The zero-order valence-corrected chi connectivity index (χ0v) is 23.4. The summed E-state index contributed by atoms with van der Waals surface area (Å²) in [6, 6.07) is 17.4. The van der Waals surface area contributed by atoms with Gasteiger partial charge in [-0.25, -0.2) is 9.37 Å². The van der Waals surface area contributed by atoms with E-state index in [9.17, 15) is 18.8 Å². The third kappa shape index (κ3) is 8.86. The molecule has 8 nitrogen and oxygen atoms in total. The molecular formula is C32H37FN4O4. The molecule has 3 aromatic rings. The second-order valence-electron chi connectivity index (χ2n) is 10.3. The van der Waals surface area contributed by atoms with Crippen LogP contribution in [0.25, 0.3) is 0 Å². The van der Waals surface area contributed by atoms with Crippen LogP contribution in [0.15, 0.2) is 72.9 Å². The third-order valence-corrected chi connectivity index (χ3v) is 7.26. The molecule has 0 bridgehead atoms. The molecule has 216 valence electrons. The van der Waals surface area contributed by atoms with Crippen LogP contribution >= 0.6 is 0 Å². The molecule has 2 aromatic carbocycles. The first-order valence-corrected chi connectivity index (χ1v) is 14.1. The van der Waals surface area contributed by atoms with Crippen LogP contribution < -0.4 is 15.4 Å². The van der Waals surface area contributed by atoms with Crippen molar-refractivity contribution in [3.63, 3.8) is 0 Å². The van der Waals surface area contributed by atoms with Crippen LogP contribution in [0.2, 0.25) is 0 Å². The molecule has 0 aliphatic heterocycles. The number of amides is 3. The quantitative estimate of drug-likeness (QED) is 0.302. The molecule has 3 amide bonds. The van der Waals surface area contributed by atoms with Crippen molar-refractivity contribution < 1.29 is 23.5 Å². The zero-order chi connectivity index (χ0) is 29.0. The molecule has 41 heavy (non-hydrogen) atoms. The number of hydrogen-bond donors (Lipinski definition) is 2. The van der Waals surface area contributed by atoms with Gasteiger partial charge in [0.2, 0.25) is 17.7 Å². The number of rotatable bonds is 12. The molecular weight excluding hydrogens is 523 g/mol. The lowest BCUT2D eigenvalue weighted by molar-refractivity contribution is -0.142. The lowest BCUT2D eigenvalue weighted by Crippen LogP contribution is -2.46. The van der Waals surface area contributed by atoms with Gasteiger partial charge in [0, 0.05) is 31.6 Å². The molecule has 1 atom stereocenters. The Balaban J connectivity index is 1.55. The van der Waals surface area contributed by atoms with Gasteiger partial charge >= 0.3 is 0 Å². The molecule has 0 spiro atoms. The molecule has 1 unspecified atom stereocenters. The Morgan fingerprint density at radius 3 is 2.37 bits per heavy atom. The number of nitrogens with zero attached hydrogens (tertiary/aromatic N) is 2. The van der Waals surface area contributed by atoms with E-state index in [0.29, 0.717) is 22.7 Å². The van der Waals surface area contributed by atoms with E-state index >= 15 is 0 Å². The Bertz CT molecular complexity index is 1280. The highest BCUT2D eigenvalue weighted by molar-refractivity contribution is 5.91. The van der Waals surface area contributed by atoms with E-state index in [1.54, 1.807) is 67.9 Å². The van der Waals surface area contributed by atoms with E-state index in [2.05, 4.69) is 15.6 Å². The van der Waals surface area contributed by atoms with Gasteiger partial charge in [0.15, 0.2) is 0 Å². The molecule has 1 saturated carbocycles. The van der Waals surface area contributed by atoms with Crippen molar-refractivity contribution in [1.29, 1.82) is 0 Å². The van der Waals surface area contributed by atoms with Crippen LogP contribution in [0.1, 0.15) is 68.5 Å². The van der Waals surface area contributed by atoms with E-state index in [1.165, 1.54) is 17.0 Å². The van der Waals surface area contributed by atoms with Gasteiger partial charge in [0.1, 0.15) is 23.4 Å². The van der Waals surface area contributed by atoms with Gasteiger partial charge < -0.3 is 20.3 Å². The molecule has 1 aliphatic carbocycles. The number of carbonyl (C=O) groups excluding carboxylic acids is 3. The summed E-state index contributed by atoms with van der Waals surface area (Å²) in [6.07, 6.45) is 7.11. The van der Waals surface area contributed by atoms with Crippen molar-refractivity contribution in [2.24, 2.45) is 0 Å². The largest absolute Gasteiger partial charge is 0.497 e. The Kier molecular flexibility index (Phi) is 10.8. The van der Waals surface area contributed by atoms with Gasteiger partial charge in [0.05, 0.1) is 7.11 Å². The average molecular weight is 561 g/mol. The first-order chi connectivity index (χ1) is 19.9. The van der Waals surface area contributed by atoms with Crippen LogP contribution in [0, 0.1) is 5.82 Å². The average Bonchev–Trinajstić information content (AvgIpc) is 2.99. The maximum Gasteiger partial charge on any atom is 0.247 e. The summed E-state index contributed by atoms with van der Waals surface area (Å²) in [5.74, 6) is -0.0862. The fourth-order valence-electron chi connectivity index (χ4n) is 5.08. The molecule has 9 heteroatoms. The molecule has 1 aliphatic rings. The highest BCUT2D eigenvalue weighted by Gasteiger charge is 2.33.